The van der Waals surface area contributed by atoms with Crippen LogP contribution in [0, 0.1) is 0 Å². The summed E-state index contributed by atoms with van der Waals surface area (Å²) < 4.78 is 5.16. The molecule has 0 saturated heterocycles. The number of primary amides is 1. The molecule has 0 bridgehead atoms. The minimum absolute atomic E-state index is 0.162. The Hall–Kier alpha value is -2.89. The molecule has 0 spiro atoms. The van der Waals surface area contributed by atoms with Gasteiger partial charge in [0.15, 0.2) is 6.61 Å². The monoisotopic (exact) mass is 354 g/mol. The molecule has 0 atom stereocenters. The first-order chi connectivity index (χ1) is 12.6. The molecule has 6 heteroatoms. The Morgan fingerprint density at radius 1 is 1.00 bits per heavy atom. The summed E-state index contributed by atoms with van der Waals surface area (Å²) in [6.45, 7) is -0.340. The van der Waals surface area contributed by atoms with Crippen molar-refractivity contribution in [3.05, 3.63) is 47.5 Å². The van der Waals surface area contributed by atoms with Crippen LogP contribution in [0.15, 0.2) is 36.4 Å². The van der Waals surface area contributed by atoms with Crippen molar-refractivity contribution in [1.29, 1.82) is 0 Å². The van der Waals surface area contributed by atoms with Crippen LogP contribution in [0.1, 0.15) is 52.8 Å². The van der Waals surface area contributed by atoms with Crippen molar-refractivity contribution in [2.24, 2.45) is 5.73 Å². The Balaban J connectivity index is 1.68. The molecule has 0 radical (unpaired) electrons. The lowest BCUT2D eigenvalue weighted by atomic mass is 9.95. The second-order valence-electron chi connectivity index (χ2n) is 6.55. The molecule has 0 aromatic rings. The van der Waals surface area contributed by atoms with Gasteiger partial charge in [-0.2, -0.15) is 0 Å². The molecule has 26 heavy (non-hydrogen) atoms. The van der Waals surface area contributed by atoms with Crippen molar-refractivity contribution in [3.63, 3.8) is 0 Å². The van der Waals surface area contributed by atoms with Gasteiger partial charge in [0.2, 0.25) is 5.91 Å². The van der Waals surface area contributed by atoms with Crippen molar-refractivity contribution in [2.75, 3.05) is 6.61 Å². The highest BCUT2D eigenvalue weighted by atomic mass is 16.5. The highest BCUT2D eigenvalue weighted by Gasteiger charge is 2.24. The SMILES string of the molecule is NC(=O)c1cc(C(=O)OCC(=O)NC2CCCCC2)c2cccccc1-2. The van der Waals surface area contributed by atoms with Crippen LogP contribution in [-0.4, -0.2) is 30.4 Å². The van der Waals surface area contributed by atoms with Crippen LogP contribution in [0.25, 0.3) is 11.1 Å². The summed E-state index contributed by atoms with van der Waals surface area (Å²) in [6.07, 6.45) is 5.34. The number of nitrogens with one attached hydrogen (secondary N) is 1. The third-order valence-electron chi connectivity index (χ3n) is 4.70. The van der Waals surface area contributed by atoms with Crippen LogP contribution >= 0.6 is 0 Å². The van der Waals surface area contributed by atoms with Crippen molar-refractivity contribution in [2.45, 2.75) is 38.1 Å². The summed E-state index contributed by atoms with van der Waals surface area (Å²) in [5, 5.41) is 2.90. The number of nitrogens with two attached hydrogens (primary N) is 1. The first-order valence-electron chi connectivity index (χ1n) is 8.84. The maximum Gasteiger partial charge on any atom is 0.339 e. The molecule has 0 heterocycles. The number of esters is 1. The second kappa shape index (κ2) is 7.99. The van der Waals surface area contributed by atoms with Crippen LogP contribution in [0.3, 0.4) is 0 Å². The number of rotatable bonds is 5. The molecule has 0 aromatic carbocycles. The molecule has 136 valence electrons. The molecule has 3 aliphatic carbocycles. The molecule has 0 aliphatic heterocycles. The Kier molecular flexibility index (Phi) is 5.51. The Morgan fingerprint density at radius 2 is 1.65 bits per heavy atom. The predicted molar refractivity (Wildman–Crippen MR) is 96.9 cm³/mol. The van der Waals surface area contributed by atoms with Gasteiger partial charge in [-0.05, 0) is 30.0 Å². The summed E-state index contributed by atoms with van der Waals surface area (Å²) >= 11 is 0. The third-order valence-corrected chi connectivity index (χ3v) is 4.70. The van der Waals surface area contributed by atoms with Gasteiger partial charge in [0.1, 0.15) is 0 Å². The van der Waals surface area contributed by atoms with Gasteiger partial charge in [-0.15, -0.1) is 0 Å². The summed E-state index contributed by atoms with van der Waals surface area (Å²) in [4.78, 5) is 36.1. The van der Waals surface area contributed by atoms with Gasteiger partial charge < -0.3 is 15.8 Å². The quantitative estimate of drug-likeness (QED) is 0.806. The molecule has 3 aliphatic rings. The Bertz CT molecular complexity index is 796. The summed E-state index contributed by atoms with van der Waals surface area (Å²) in [5.41, 5.74) is 7.05. The lowest BCUT2D eigenvalue weighted by molar-refractivity contribution is -0.125. The van der Waals surface area contributed by atoms with Gasteiger partial charge in [-0.25, -0.2) is 4.79 Å². The number of hydrogen-bond donors (Lipinski definition) is 2. The fraction of sp³-hybridized carbons (Fsp3) is 0.350. The minimum atomic E-state index is -0.646. The van der Waals surface area contributed by atoms with E-state index in [4.69, 9.17) is 10.5 Å². The van der Waals surface area contributed by atoms with E-state index in [1.807, 2.05) is 0 Å². The first kappa shape index (κ1) is 17.9. The van der Waals surface area contributed by atoms with Crippen LogP contribution < -0.4 is 11.1 Å². The molecular weight excluding hydrogens is 332 g/mol. The Labute approximate surface area is 152 Å². The van der Waals surface area contributed by atoms with Crippen LogP contribution in [-0.2, 0) is 9.53 Å². The number of carbonyl (C=O) groups excluding carboxylic acids is 3. The van der Waals surface area contributed by atoms with Crippen molar-refractivity contribution < 1.29 is 19.1 Å². The smallest absolute Gasteiger partial charge is 0.339 e. The van der Waals surface area contributed by atoms with Crippen LogP contribution in [0.4, 0.5) is 0 Å². The Morgan fingerprint density at radius 3 is 2.31 bits per heavy atom. The number of carbonyl (C=O) groups is 3. The molecule has 3 N–H and O–H groups in total. The number of fused-ring (bicyclic) bond motifs is 1. The van der Waals surface area contributed by atoms with Gasteiger partial charge >= 0.3 is 5.97 Å². The first-order valence-corrected chi connectivity index (χ1v) is 8.84. The van der Waals surface area contributed by atoms with E-state index in [1.165, 1.54) is 12.5 Å². The van der Waals surface area contributed by atoms with E-state index in [0.29, 0.717) is 11.1 Å². The topological polar surface area (TPSA) is 98.5 Å². The third kappa shape index (κ3) is 4.02. The number of amides is 2. The summed E-state index contributed by atoms with van der Waals surface area (Å²) in [6, 6.07) is 10.4. The van der Waals surface area contributed by atoms with Crippen LogP contribution in [0.2, 0.25) is 0 Å². The minimum Gasteiger partial charge on any atom is -0.452 e. The summed E-state index contributed by atoms with van der Waals surface area (Å²) in [5.74, 6) is -1.57. The second-order valence-corrected chi connectivity index (χ2v) is 6.55. The van der Waals surface area contributed by atoms with E-state index in [9.17, 15) is 14.4 Å². The molecule has 1 fully saturated rings. The van der Waals surface area contributed by atoms with Crippen molar-refractivity contribution in [3.8, 4) is 11.1 Å². The van der Waals surface area contributed by atoms with Gasteiger partial charge in [-0.3, -0.25) is 9.59 Å². The van der Waals surface area contributed by atoms with Crippen molar-refractivity contribution in [1.82, 2.24) is 5.32 Å². The molecule has 2 amide bonds. The molecule has 1 saturated carbocycles. The molecule has 0 aromatic heterocycles. The zero-order valence-corrected chi connectivity index (χ0v) is 14.5. The molecular formula is C20H22N2O4. The van der Waals surface area contributed by atoms with Gasteiger partial charge in [0.05, 0.1) is 5.56 Å². The van der Waals surface area contributed by atoms with E-state index >= 15 is 0 Å². The lowest BCUT2D eigenvalue weighted by Gasteiger charge is -2.22. The van der Waals surface area contributed by atoms with Gasteiger partial charge in [0.25, 0.3) is 5.91 Å². The number of ether oxygens (including phenoxy) is 1. The fourth-order valence-corrected chi connectivity index (χ4v) is 3.41. The van der Waals surface area contributed by atoms with Crippen LogP contribution in [0.5, 0.6) is 0 Å². The van der Waals surface area contributed by atoms with E-state index in [2.05, 4.69) is 5.32 Å². The van der Waals surface area contributed by atoms with E-state index < -0.39 is 11.9 Å². The van der Waals surface area contributed by atoms with E-state index in [1.54, 1.807) is 30.3 Å². The largest absolute Gasteiger partial charge is 0.452 e. The van der Waals surface area contributed by atoms with Crippen molar-refractivity contribution >= 4 is 17.8 Å². The van der Waals surface area contributed by atoms with Gasteiger partial charge in [-0.1, -0.05) is 49.6 Å². The zero-order chi connectivity index (χ0) is 18.5. The number of hydrogen-bond acceptors (Lipinski definition) is 4. The van der Waals surface area contributed by atoms with Gasteiger partial charge in [0, 0.05) is 11.6 Å². The van der Waals surface area contributed by atoms with E-state index in [-0.39, 0.29) is 29.7 Å². The zero-order valence-electron chi connectivity index (χ0n) is 14.5. The normalized spacial score (nSPS) is 14.8. The fourth-order valence-electron chi connectivity index (χ4n) is 3.41. The predicted octanol–water partition coefficient (Wildman–Crippen LogP) is 2.50. The molecule has 3 rings (SSSR count). The standard InChI is InChI=1S/C20H22N2O4/c21-19(24)16-11-17(15-10-6-2-5-9-14(15)16)20(25)26-12-18(23)22-13-7-3-1-4-8-13/h2,5-6,9-11,13H,1,3-4,7-8,12H2,(H2,21,24)(H,22,23). The maximum atomic E-state index is 12.4. The highest BCUT2D eigenvalue weighted by molar-refractivity contribution is 6.09. The highest BCUT2D eigenvalue weighted by Crippen LogP contribution is 2.32. The van der Waals surface area contributed by atoms with E-state index in [0.717, 1.165) is 25.7 Å². The molecule has 6 nitrogen and oxygen atoms in total. The average molecular weight is 354 g/mol. The lowest BCUT2D eigenvalue weighted by Crippen LogP contribution is -2.38. The maximum absolute atomic E-state index is 12.4. The average Bonchev–Trinajstić information content (AvgIpc) is 2.82. The summed E-state index contributed by atoms with van der Waals surface area (Å²) in [7, 11) is 0. The molecule has 0 unspecified atom stereocenters.